The maximum Gasteiger partial charge on any atom is 0.265 e. The molecule has 0 radical (unpaired) electrons. The number of aliphatic hydroxyl groups is 1. The van der Waals surface area contributed by atoms with Crippen LogP contribution in [0.3, 0.4) is 0 Å². The summed E-state index contributed by atoms with van der Waals surface area (Å²) in [7, 11) is 0. The molecule has 3 nitrogen and oxygen atoms in total. The van der Waals surface area contributed by atoms with Crippen LogP contribution in [0.15, 0.2) is 42.5 Å². The molecule has 0 saturated heterocycles. The predicted molar refractivity (Wildman–Crippen MR) is 74.3 cm³/mol. The zero-order valence-corrected chi connectivity index (χ0v) is 11.0. The minimum absolute atomic E-state index is 0.450. The van der Waals surface area contributed by atoms with E-state index in [4.69, 9.17) is 11.6 Å². The van der Waals surface area contributed by atoms with Gasteiger partial charge in [-0.3, -0.25) is 4.79 Å². The number of hydrogen-bond acceptors (Lipinski definition) is 2. The van der Waals surface area contributed by atoms with Crippen LogP contribution in [0.5, 0.6) is 0 Å². The van der Waals surface area contributed by atoms with E-state index < -0.39 is 11.5 Å². The summed E-state index contributed by atoms with van der Waals surface area (Å²) in [6.07, 6.45) is 0. The SMILES string of the molecule is Cc1ccc(C2(O)C(=O)Nc3ccccc32)cc1Cl. The summed E-state index contributed by atoms with van der Waals surface area (Å²) < 4.78 is 0. The first-order chi connectivity index (χ1) is 9.03. The molecule has 96 valence electrons. The molecule has 1 aliphatic rings. The number of benzene rings is 2. The number of carbonyl (C=O) groups is 1. The van der Waals surface area contributed by atoms with Gasteiger partial charge in [0.2, 0.25) is 0 Å². The second-order valence-electron chi connectivity index (χ2n) is 4.67. The molecule has 1 atom stereocenters. The minimum Gasteiger partial charge on any atom is -0.372 e. The molecule has 0 fully saturated rings. The van der Waals surface area contributed by atoms with E-state index in [0.717, 1.165) is 5.56 Å². The van der Waals surface area contributed by atoms with E-state index in [2.05, 4.69) is 5.32 Å². The number of rotatable bonds is 1. The third kappa shape index (κ3) is 1.66. The number of carbonyl (C=O) groups excluding carboxylic acids is 1. The lowest BCUT2D eigenvalue weighted by molar-refractivity contribution is -0.129. The number of aryl methyl sites for hydroxylation is 1. The molecule has 19 heavy (non-hydrogen) atoms. The molecule has 3 rings (SSSR count). The average Bonchev–Trinajstić information content (AvgIpc) is 2.66. The van der Waals surface area contributed by atoms with Gasteiger partial charge in [-0.05, 0) is 30.2 Å². The van der Waals surface area contributed by atoms with Gasteiger partial charge >= 0.3 is 0 Å². The first-order valence-corrected chi connectivity index (χ1v) is 6.31. The third-order valence-electron chi connectivity index (χ3n) is 3.48. The molecule has 1 aliphatic heterocycles. The van der Waals surface area contributed by atoms with Crippen LogP contribution in [-0.2, 0) is 10.4 Å². The van der Waals surface area contributed by atoms with Gasteiger partial charge in [0, 0.05) is 16.3 Å². The number of hydrogen-bond donors (Lipinski definition) is 2. The first-order valence-electron chi connectivity index (χ1n) is 5.93. The highest BCUT2D eigenvalue weighted by Crippen LogP contribution is 2.41. The van der Waals surface area contributed by atoms with Gasteiger partial charge in [0.1, 0.15) is 0 Å². The van der Waals surface area contributed by atoms with E-state index in [0.29, 0.717) is 21.8 Å². The number of halogens is 1. The Bertz CT molecular complexity index is 684. The normalized spacial score (nSPS) is 21.1. The molecule has 0 bridgehead atoms. The van der Waals surface area contributed by atoms with Crippen molar-refractivity contribution in [2.24, 2.45) is 0 Å². The van der Waals surface area contributed by atoms with Crippen LogP contribution in [0, 0.1) is 6.92 Å². The summed E-state index contributed by atoms with van der Waals surface area (Å²) in [6.45, 7) is 1.87. The van der Waals surface area contributed by atoms with Gasteiger partial charge < -0.3 is 10.4 Å². The number of nitrogens with one attached hydrogen (secondary N) is 1. The zero-order valence-electron chi connectivity index (χ0n) is 10.3. The molecule has 0 aliphatic carbocycles. The quantitative estimate of drug-likeness (QED) is 0.839. The first kappa shape index (κ1) is 12.2. The highest BCUT2D eigenvalue weighted by molar-refractivity contribution is 6.31. The van der Waals surface area contributed by atoms with E-state index >= 15 is 0 Å². The Morgan fingerprint density at radius 2 is 1.95 bits per heavy atom. The molecule has 2 N–H and O–H groups in total. The fourth-order valence-electron chi connectivity index (χ4n) is 2.35. The molecule has 1 unspecified atom stereocenters. The van der Waals surface area contributed by atoms with Crippen LogP contribution >= 0.6 is 11.6 Å². The van der Waals surface area contributed by atoms with Crippen LogP contribution < -0.4 is 5.32 Å². The minimum atomic E-state index is -1.67. The van der Waals surface area contributed by atoms with Crippen molar-refractivity contribution < 1.29 is 9.90 Å². The monoisotopic (exact) mass is 273 g/mol. The summed E-state index contributed by atoms with van der Waals surface area (Å²) in [4.78, 5) is 12.1. The summed E-state index contributed by atoms with van der Waals surface area (Å²) in [5, 5.41) is 14.0. The lowest BCUT2D eigenvalue weighted by atomic mass is 9.87. The number of anilines is 1. The van der Waals surface area contributed by atoms with Crippen LogP contribution in [0.1, 0.15) is 16.7 Å². The smallest absolute Gasteiger partial charge is 0.265 e. The standard InChI is InChI=1S/C15H12ClNO2/c1-9-6-7-10(8-12(9)16)15(19)11-4-2-3-5-13(11)17-14(15)18/h2-8,19H,1H3,(H,17,18). The molecule has 4 heteroatoms. The van der Waals surface area contributed by atoms with Gasteiger partial charge in [-0.2, -0.15) is 0 Å². The van der Waals surface area contributed by atoms with Gasteiger partial charge in [-0.1, -0.05) is 41.9 Å². The number of amides is 1. The molecule has 1 heterocycles. The van der Waals surface area contributed by atoms with Crippen molar-refractivity contribution in [3.63, 3.8) is 0 Å². The Morgan fingerprint density at radius 1 is 1.21 bits per heavy atom. The molecular formula is C15H12ClNO2. The highest BCUT2D eigenvalue weighted by atomic mass is 35.5. The summed E-state index contributed by atoms with van der Waals surface area (Å²) >= 11 is 6.09. The van der Waals surface area contributed by atoms with Crippen molar-refractivity contribution in [1.29, 1.82) is 0 Å². The molecule has 1 amide bonds. The Morgan fingerprint density at radius 3 is 2.68 bits per heavy atom. The Labute approximate surface area is 115 Å². The maximum absolute atomic E-state index is 12.1. The maximum atomic E-state index is 12.1. The van der Waals surface area contributed by atoms with Gasteiger partial charge in [0.05, 0.1) is 0 Å². The molecule has 0 saturated carbocycles. The van der Waals surface area contributed by atoms with Gasteiger partial charge in [0.15, 0.2) is 5.60 Å². The summed E-state index contributed by atoms with van der Waals surface area (Å²) in [5.41, 5.74) is 0.895. The lowest BCUT2D eigenvalue weighted by Crippen LogP contribution is -2.35. The van der Waals surface area contributed by atoms with Crippen molar-refractivity contribution >= 4 is 23.2 Å². The Hall–Kier alpha value is -1.84. The molecule has 0 spiro atoms. The fraction of sp³-hybridized carbons (Fsp3) is 0.133. The molecular weight excluding hydrogens is 262 g/mol. The average molecular weight is 274 g/mol. The number of para-hydroxylation sites is 1. The zero-order chi connectivity index (χ0) is 13.6. The topological polar surface area (TPSA) is 49.3 Å². The van der Waals surface area contributed by atoms with Gasteiger partial charge in [-0.15, -0.1) is 0 Å². The van der Waals surface area contributed by atoms with Crippen molar-refractivity contribution in [3.05, 3.63) is 64.2 Å². The lowest BCUT2D eigenvalue weighted by Gasteiger charge is -2.22. The van der Waals surface area contributed by atoms with Crippen LogP contribution in [-0.4, -0.2) is 11.0 Å². The van der Waals surface area contributed by atoms with E-state index in [9.17, 15) is 9.90 Å². The number of fused-ring (bicyclic) bond motifs is 1. The van der Waals surface area contributed by atoms with Crippen molar-refractivity contribution in [2.45, 2.75) is 12.5 Å². The van der Waals surface area contributed by atoms with E-state index in [-0.39, 0.29) is 0 Å². The van der Waals surface area contributed by atoms with Gasteiger partial charge in [0.25, 0.3) is 5.91 Å². The molecule has 0 aromatic heterocycles. The summed E-state index contributed by atoms with van der Waals surface area (Å²) in [6, 6.07) is 12.3. The van der Waals surface area contributed by atoms with E-state index in [1.165, 1.54) is 0 Å². The van der Waals surface area contributed by atoms with Crippen molar-refractivity contribution in [2.75, 3.05) is 5.32 Å². The fourth-order valence-corrected chi connectivity index (χ4v) is 2.53. The largest absolute Gasteiger partial charge is 0.372 e. The van der Waals surface area contributed by atoms with Crippen LogP contribution in [0.4, 0.5) is 5.69 Å². The van der Waals surface area contributed by atoms with E-state index in [1.54, 1.807) is 36.4 Å². The molecule has 2 aromatic carbocycles. The molecule has 2 aromatic rings. The summed E-state index contributed by atoms with van der Waals surface area (Å²) in [5.74, 6) is -0.450. The van der Waals surface area contributed by atoms with E-state index in [1.807, 2.05) is 13.0 Å². The second-order valence-corrected chi connectivity index (χ2v) is 5.08. The Kier molecular flexibility index (Phi) is 2.62. The van der Waals surface area contributed by atoms with Crippen LogP contribution in [0.2, 0.25) is 5.02 Å². The van der Waals surface area contributed by atoms with Crippen molar-refractivity contribution in [1.82, 2.24) is 0 Å². The van der Waals surface area contributed by atoms with Gasteiger partial charge in [-0.25, -0.2) is 0 Å². The third-order valence-corrected chi connectivity index (χ3v) is 3.89. The van der Waals surface area contributed by atoms with Crippen molar-refractivity contribution in [3.8, 4) is 0 Å². The Balaban J connectivity index is 2.22. The highest BCUT2D eigenvalue weighted by Gasteiger charge is 2.46. The second kappa shape index (κ2) is 4.08. The van der Waals surface area contributed by atoms with Crippen LogP contribution in [0.25, 0.3) is 0 Å². The predicted octanol–water partition coefficient (Wildman–Crippen LogP) is 2.84.